The summed E-state index contributed by atoms with van der Waals surface area (Å²) in [5, 5.41) is 10.7. The summed E-state index contributed by atoms with van der Waals surface area (Å²) in [6.07, 6.45) is 0. The second kappa shape index (κ2) is 3.93. The Hall–Kier alpha value is -0.810. The first-order valence-electron chi connectivity index (χ1n) is 3.23. The topological polar surface area (TPSA) is 52.4 Å². The normalized spacial score (nSPS) is 9.77. The highest BCUT2D eigenvalue weighted by atomic mass is 79.9. The molecule has 70 valence electrons. The Bertz CT molecular complexity index is 356. The molecule has 0 spiro atoms. The average Bonchev–Trinajstić information content (AvgIpc) is 2.09. The number of methoxy groups -OCH3 is 1. The molecule has 0 aliphatic heterocycles. The van der Waals surface area contributed by atoms with E-state index in [1.807, 2.05) is 0 Å². The van der Waals surface area contributed by atoms with Crippen molar-refractivity contribution in [1.29, 1.82) is 0 Å². The summed E-state index contributed by atoms with van der Waals surface area (Å²) >= 11 is 8.87. The van der Waals surface area contributed by atoms with Crippen LogP contribution in [0, 0.1) is 10.1 Å². The fourth-order valence-electron chi connectivity index (χ4n) is 0.804. The van der Waals surface area contributed by atoms with E-state index in [1.165, 1.54) is 19.2 Å². The minimum absolute atomic E-state index is 0.0619. The summed E-state index contributed by atoms with van der Waals surface area (Å²) in [5.74, 6) is 0.280. The predicted molar refractivity (Wildman–Crippen MR) is 52.4 cm³/mol. The predicted octanol–water partition coefficient (Wildman–Crippen LogP) is 3.02. The molecule has 0 aromatic heterocycles. The van der Waals surface area contributed by atoms with Crippen LogP contribution in [-0.2, 0) is 0 Å². The first-order chi connectivity index (χ1) is 6.06. The molecule has 6 heteroatoms. The average molecular weight is 266 g/mol. The Kier molecular flexibility index (Phi) is 3.11. The van der Waals surface area contributed by atoms with Gasteiger partial charge in [-0.15, -0.1) is 0 Å². The van der Waals surface area contributed by atoms with E-state index >= 15 is 0 Å². The molecule has 0 amide bonds. The largest absolute Gasteiger partial charge is 0.495 e. The first kappa shape index (κ1) is 10.3. The van der Waals surface area contributed by atoms with E-state index in [9.17, 15) is 10.1 Å². The van der Waals surface area contributed by atoms with Crippen molar-refractivity contribution in [3.63, 3.8) is 0 Å². The van der Waals surface area contributed by atoms with Crippen molar-refractivity contribution in [1.82, 2.24) is 0 Å². The highest BCUT2D eigenvalue weighted by Crippen LogP contribution is 2.35. The third-order valence-electron chi connectivity index (χ3n) is 1.41. The van der Waals surface area contributed by atoms with Gasteiger partial charge in [0, 0.05) is 10.5 Å². The van der Waals surface area contributed by atoms with E-state index < -0.39 is 4.92 Å². The number of nitro benzene ring substituents is 1. The zero-order valence-electron chi connectivity index (χ0n) is 6.58. The minimum atomic E-state index is -0.510. The Balaban J connectivity index is 3.30. The van der Waals surface area contributed by atoms with Gasteiger partial charge in [-0.05, 0) is 15.9 Å². The molecular formula is C7H5BrClNO3. The number of halogens is 2. The number of hydrogen-bond acceptors (Lipinski definition) is 3. The number of nitrogens with zero attached hydrogens (tertiary/aromatic N) is 1. The number of nitro groups is 1. The number of hydrogen-bond donors (Lipinski definition) is 0. The second-order valence-corrected chi connectivity index (χ2v) is 3.43. The van der Waals surface area contributed by atoms with Crippen molar-refractivity contribution in [3.8, 4) is 5.75 Å². The molecule has 0 bridgehead atoms. The molecule has 1 rings (SSSR count). The molecule has 0 aliphatic rings. The molecule has 0 radical (unpaired) electrons. The van der Waals surface area contributed by atoms with Gasteiger partial charge in [0.25, 0.3) is 5.69 Å². The van der Waals surface area contributed by atoms with Crippen molar-refractivity contribution >= 4 is 33.2 Å². The lowest BCUT2D eigenvalue weighted by Crippen LogP contribution is -1.91. The Morgan fingerprint density at radius 3 is 2.69 bits per heavy atom. The van der Waals surface area contributed by atoms with Gasteiger partial charge >= 0.3 is 0 Å². The Morgan fingerprint density at radius 1 is 1.62 bits per heavy atom. The van der Waals surface area contributed by atoms with Crippen LogP contribution in [0.25, 0.3) is 0 Å². The molecule has 4 nitrogen and oxygen atoms in total. The second-order valence-electron chi connectivity index (χ2n) is 2.20. The van der Waals surface area contributed by atoms with Gasteiger partial charge < -0.3 is 4.74 Å². The number of ether oxygens (including phenoxy) is 1. The van der Waals surface area contributed by atoms with Gasteiger partial charge in [-0.1, -0.05) is 11.6 Å². The van der Waals surface area contributed by atoms with Gasteiger partial charge in [-0.3, -0.25) is 10.1 Å². The van der Waals surface area contributed by atoms with E-state index in [0.29, 0.717) is 9.50 Å². The molecular weight excluding hydrogens is 261 g/mol. The lowest BCUT2D eigenvalue weighted by molar-refractivity contribution is -0.385. The third kappa shape index (κ3) is 2.10. The molecule has 0 saturated heterocycles. The van der Waals surface area contributed by atoms with Crippen LogP contribution in [0.5, 0.6) is 5.75 Å². The summed E-state index contributed by atoms with van der Waals surface area (Å²) in [4.78, 5) is 9.91. The summed E-state index contributed by atoms with van der Waals surface area (Å²) in [6, 6.07) is 2.60. The van der Waals surface area contributed by atoms with Crippen LogP contribution >= 0.6 is 27.5 Å². The molecule has 0 heterocycles. The molecule has 1 aromatic rings. The van der Waals surface area contributed by atoms with Crippen LogP contribution in [0.4, 0.5) is 5.69 Å². The zero-order valence-corrected chi connectivity index (χ0v) is 8.92. The highest BCUT2D eigenvalue weighted by Gasteiger charge is 2.13. The molecule has 1 aromatic carbocycles. The maximum atomic E-state index is 10.4. The minimum Gasteiger partial charge on any atom is -0.495 e. The van der Waals surface area contributed by atoms with Crippen LogP contribution in [-0.4, -0.2) is 12.0 Å². The van der Waals surface area contributed by atoms with Gasteiger partial charge in [0.05, 0.1) is 23.1 Å². The van der Waals surface area contributed by atoms with Crippen LogP contribution in [0.15, 0.2) is 16.6 Å². The molecule has 0 fully saturated rings. The van der Waals surface area contributed by atoms with Gasteiger partial charge in [0.15, 0.2) is 0 Å². The zero-order chi connectivity index (χ0) is 10.0. The van der Waals surface area contributed by atoms with E-state index in [4.69, 9.17) is 16.3 Å². The van der Waals surface area contributed by atoms with Gasteiger partial charge in [-0.2, -0.15) is 0 Å². The summed E-state index contributed by atoms with van der Waals surface area (Å²) in [7, 11) is 1.40. The molecule has 0 saturated carbocycles. The summed E-state index contributed by atoms with van der Waals surface area (Å²) < 4.78 is 5.29. The smallest absolute Gasteiger partial charge is 0.274 e. The number of rotatable bonds is 2. The fourth-order valence-corrected chi connectivity index (χ4v) is 1.42. The van der Waals surface area contributed by atoms with Crippen LogP contribution in [0.3, 0.4) is 0 Å². The highest BCUT2D eigenvalue weighted by molar-refractivity contribution is 9.10. The summed E-state index contributed by atoms with van der Waals surface area (Å²) in [5.41, 5.74) is -0.0619. The monoisotopic (exact) mass is 265 g/mol. The van der Waals surface area contributed by atoms with E-state index in [0.717, 1.165) is 0 Å². The van der Waals surface area contributed by atoms with Crippen LogP contribution in [0.1, 0.15) is 0 Å². The van der Waals surface area contributed by atoms with Crippen molar-refractivity contribution in [2.24, 2.45) is 0 Å². The quantitative estimate of drug-likeness (QED) is 0.611. The molecule has 0 N–H and O–H groups in total. The van der Waals surface area contributed by atoms with Crippen molar-refractivity contribution in [3.05, 3.63) is 31.7 Å². The fraction of sp³-hybridized carbons (Fsp3) is 0.143. The number of non-ortho nitro benzene ring substituents is 1. The Labute approximate surface area is 87.7 Å². The molecule has 0 unspecified atom stereocenters. The van der Waals surface area contributed by atoms with E-state index in [1.54, 1.807) is 0 Å². The van der Waals surface area contributed by atoms with Gasteiger partial charge in [0.2, 0.25) is 0 Å². The number of benzene rings is 1. The summed E-state index contributed by atoms with van der Waals surface area (Å²) in [6.45, 7) is 0. The Morgan fingerprint density at radius 2 is 2.23 bits per heavy atom. The molecule has 0 atom stereocenters. The molecule has 0 aliphatic carbocycles. The lowest BCUT2D eigenvalue weighted by atomic mass is 10.3. The molecule has 13 heavy (non-hydrogen) atoms. The first-order valence-corrected chi connectivity index (χ1v) is 4.40. The van der Waals surface area contributed by atoms with Crippen LogP contribution in [0.2, 0.25) is 5.02 Å². The van der Waals surface area contributed by atoms with E-state index in [-0.39, 0.29) is 11.4 Å². The SMILES string of the molecule is COc1cc([N+](=O)[O-])cc(Br)c1Cl. The van der Waals surface area contributed by atoms with Crippen molar-refractivity contribution in [2.75, 3.05) is 7.11 Å². The maximum Gasteiger partial charge on any atom is 0.274 e. The van der Waals surface area contributed by atoms with Crippen molar-refractivity contribution in [2.45, 2.75) is 0 Å². The van der Waals surface area contributed by atoms with Crippen molar-refractivity contribution < 1.29 is 9.66 Å². The lowest BCUT2D eigenvalue weighted by Gasteiger charge is -2.03. The standard InChI is InChI=1S/C7H5BrClNO3/c1-13-6-3-4(10(11)12)2-5(8)7(6)9/h2-3H,1H3. The maximum absolute atomic E-state index is 10.4. The van der Waals surface area contributed by atoms with E-state index in [2.05, 4.69) is 15.9 Å². The third-order valence-corrected chi connectivity index (χ3v) is 2.65. The van der Waals surface area contributed by atoms with Gasteiger partial charge in [-0.25, -0.2) is 0 Å². The van der Waals surface area contributed by atoms with Crippen LogP contribution < -0.4 is 4.74 Å². The van der Waals surface area contributed by atoms with Gasteiger partial charge in [0.1, 0.15) is 5.75 Å².